The fraction of sp³-hybridized carbons (Fsp3) is 0. The van der Waals surface area contributed by atoms with Gasteiger partial charge in [0, 0.05) is 17.1 Å². The fourth-order valence-electron chi connectivity index (χ4n) is 1.97. The molecule has 20 heavy (non-hydrogen) atoms. The van der Waals surface area contributed by atoms with Crippen LogP contribution in [-0.4, -0.2) is 26.2 Å². The molecule has 0 aliphatic heterocycles. The Morgan fingerprint density at radius 3 is 2.80 bits per heavy atom. The van der Waals surface area contributed by atoms with Crippen molar-refractivity contribution < 1.29 is 18.5 Å². The first kappa shape index (κ1) is 12.5. The van der Waals surface area contributed by atoms with E-state index in [1.807, 2.05) is 0 Å². The number of rotatable bonds is 3. The number of Topliss-reactive ketones (excluding diaryl/α,β-unsaturated/α-hetero) is 1. The summed E-state index contributed by atoms with van der Waals surface area (Å²) in [5.41, 5.74) is 0.590. The molecule has 0 spiro atoms. The highest BCUT2D eigenvalue weighted by atomic mass is 35.5. The zero-order valence-electron chi connectivity index (χ0n) is 9.68. The van der Waals surface area contributed by atoms with E-state index in [2.05, 4.69) is 19.6 Å². The van der Waals surface area contributed by atoms with Crippen molar-refractivity contribution in [1.82, 2.24) is 15.1 Å². The predicted octanol–water partition coefficient (Wildman–Crippen LogP) is 2.31. The number of aromatic amines is 1. The van der Waals surface area contributed by atoms with E-state index >= 15 is 0 Å². The van der Waals surface area contributed by atoms with E-state index in [1.54, 1.807) is 0 Å². The Hall–Kier alpha value is -2.54. The van der Waals surface area contributed by atoms with Gasteiger partial charge in [-0.3, -0.25) is 9.59 Å². The van der Waals surface area contributed by atoms with Gasteiger partial charge in [0.2, 0.25) is 18.0 Å². The van der Waals surface area contributed by atoms with E-state index in [-0.39, 0.29) is 22.3 Å². The van der Waals surface area contributed by atoms with Crippen LogP contribution < -0.4 is 0 Å². The third-order valence-corrected chi connectivity index (χ3v) is 2.98. The molecule has 6 nitrogen and oxygen atoms in total. The van der Waals surface area contributed by atoms with Crippen LogP contribution in [0.1, 0.15) is 10.4 Å². The van der Waals surface area contributed by atoms with E-state index in [9.17, 15) is 14.0 Å². The van der Waals surface area contributed by atoms with Crippen LogP contribution >= 0.6 is 11.6 Å². The van der Waals surface area contributed by atoms with Crippen LogP contribution in [0.5, 0.6) is 0 Å². The van der Waals surface area contributed by atoms with Gasteiger partial charge in [-0.25, -0.2) is 4.39 Å². The van der Waals surface area contributed by atoms with E-state index in [0.717, 1.165) is 12.5 Å². The molecule has 1 N–H and O–H groups in total. The van der Waals surface area contributed by atoms with Crippen LogP contribution in [-0.2, 0) is 4.79 Å². The second-order valence-corrected chi connectivity index (χ2v) is 4.25. The molecule has 0 amide bonds. The molecule has 0 aliphatic rings. The monoisotopic (exact) mass is 293 g/mol. The van der Waals surface area contributed by atoms with Gasteiger partial charge in [-0.2, -0.15) is 4.98 Å². The van der Waals surface area contributed by atoms with Gasteiger partial charge < -0.3 is 9.51 Å². The second-order valence-electron chi connectivity index (χ2n) is 3.90. The van der Waals surface area contributed by atoms with Crippen LogP contribution in [0.25, 0.3) is 22.3 Å². The van der Waals surface area contributed by atoms with Gasteiger partial charge in [-0.05, 0) is 23.7 Å². The minimum atomic E-state index is -1.18. The van der Waals surface area contributed by atoms with Crippen molar-refractivity contribution in [2.24, 2.45) is 0 Å². The number of carbonyl (C=O) groups excluding carboxylic acids is 2. The first-order valence-corrected chi connectivity index (χ1v) is 5.78. The quantitative estimate of drug-likeness (QED) is 0.455. The minimum absolute atomic E-state index is 0.0358. The van der Waals surface area contributed by atoms with Crippen molar-refractivity contribution in [3.05, 3.63) is 36.1 Å². The Morgan fingerprint density at radius 2 is 2.15 bits per heavy atom. The molecule has 2 aromatic heterocycles. The van der Waals surface area contributed by atoms with Crippen LogP contribution in [0, 0.1) is 5.82 Å². The van der Waals surface area contributed by atoms with Crippen molar-refractivity contribution in [1.29, 1.82) is 0 Å². The molecule has 0 unspecified atom stereocenters. The molecule has 0 saturated carbocycles. The lowest BCUT2D eigenvalue weighted by molar-refractivity contribution is -0.108. The van der Waals surface area contributed by atoms with Gasteiger partial charge in [0.15, 0.2) is 0 Å². The normalized spacial score (nSPS) is 10.9. The Morgan fingerprint density at radius 1 is 1.35 bits per heavy atom. The Bertz CT molecular complexity index is 826. The summed E-state index contributed by atoms with van der Waals surface area (Å²) in [6.45, 7) is 0. The Labute approximate surface area is 115 Å². The van der Waals surface area contributed by atoms with Crippen LogP contribution in [0.15, 0.2) is 29.2 Å². The standard InChI is InChI=1S/C12H5ClFN3O3/c13-11(19)10(18)6-3-15-9-5(12-16-4-20-17-12)1-2-7(14)8(6)9/h1-4,15H. The van der Waals surface area contributed by atoms with E-state index in [0.29, 0.717) is 5.56 Å². The largest absolute Gasteiger partial charge is 0.360 e. The zero-order chi connectivity index (χ0) is 14.3. The van der Waals surface area contributed by atoms with Crippen LogP contribution in [0.2, 0.25) is 0 Å². The highest BCUT2D eigenvalue weighted by Gasteiger charge is 2.22. The lowest BCUT2D eigenvalue weighted by atomic mass is 10.1. The molecule has 0 bridgehead atoms. The highest BCUT2D eigenvalue weighted by molar-refractivity contribution is 6.83. The molecule has 0 aliphatic carbocycles. The molecular formula is C12H5ClFN3O3. The average molecular weight is 294 g/mol. The number of H-pyrrole nitrogens is 1. The number of ketones is 1. The fourth-order valence-corrected chi connectivity index (χ4v) is 2.07. The summed E-state index contributed by atoms with van der Waals surface area (Å²) in [6, 6.07) is 2.59. The summed E-state index contributed by atoms with van der Waals surface area (Å²) < 4.78 is 18.6. The maximum atomic E-state index is 13.9. The molecule has 1 aromatic carbocycles. The molecule has 2 heterocycles. The van der Waals surface area contributed by atoms with Gasteiger partial charge in [-0.15, -0.1) is 0 Å². The van der Waals surface area contributed by atoms with Crippen molar-refractivity contribution in [3.63, 3.8) is 0 Å². The molecule has 0 saturated heterocycles. The summed E-state index contributed by atoms with van der Waals surface area (Å²) in [5.74, 6) is -1.41. The molecular weight excluding hydrogens is 289 g/mol. The molecule has 0 radical (unpaired) electrons. The van der Waals surface area contributed by atoms with Crippen LogP contribution in [0.4, 0.5) is 4.39 Å². The maximum Gasteiger partial charge on any atom is 0.293 e. The van der Waals surface area contributed by atoms with Gasteiger partial charge >= 0.3 is 0 Å². The van der Waals surface area contributed by atoms with Gasteiger partial charge in [0.05, 0.1) is 11.1 Å². The number of hydrogen-bond acceptors (Lipinski definition) is 5. The van der Waals surface area contributed by atoms with Crippen molar-refractivity contribution in [3.8, 4) is 11.4 Å². The molecule has 0 atom stereocenters. The molecule has 0 fully saturated rings. The third-order valence-electron chi connectivity index (χ3n) is 2.81. The van der Waals surface area contributed by atoms with E-state index < -0.39 is 16.8 Å². The lowest BCUT2D eigenvalue weighted by Gasteiger charge is -2.00. The summed E-state index contributed by atoms with van der Waals surface area (Å²) >= 11 is 5.15. The first-order chi connectivity index (χ1) is 9.59. The Kier molecular flexibility index (Phi) is 2.83. The number of carbonyl (C=O) groups is 2. The Balaban J connectivity index is 2.31. The topological polar surface area (TPSA) is 88.9 Å². The SMILES string of the molecule is O=C(Cl)C(=O)c1c[nH]c2c(-c3ncon3)ccc(F)c12. The van der Waals surface area contributed by atoms with Gasteiger partial charge in [0.25, 0.3) is 5.24 Å². The number of halogens is 2. The van der Waals surface area contributed by atoms with Gasteiger partial charge in [0.1, 0.15) is 5.82 Å². The second kappa shape index (κ2) is 4.53. The smallest absolute Gasteiger partial charge is 0.293 e. The predicted molar refractivity (Wildman–Crippen MR) is 66.7 cm³/mol. The third kappa shape index (κ3) is 1.79. The first-order valence-electron chi connectivity index (χ1n) is 5.40. The van der Waals surface area contributed by atoms with E-state index in [1.165, 1.54) is 12.3 Å². The number of aromatic nitrogens is 3. The van der Waals surface area contributed by atoms with E-state index in [4.69, 9.17) is 11.6 Å². The summed E-state index contributed by atoms with van der Waals surface area (Å²) in [4.78, 5) is 29.2. The van der Waals surface area contributed by atoms with Gasteiger partial charge in [-0.1, -0.05) is 5.16 Å². The highest BCUT2D eigenvalue weighted by Crippen LogP contribution is 2.30. The minimum Gasteiger partial charge on any atom is -0.360 e. The molecule has 3 rings (SSSR count). The number of fused-ring (bicyclic) bond motifs is 1. The summed E-state index contributed by atoms with van der Waals surface area (Å²) in [5, 5.41) is 2.43. The average Bonchev–Trinajstić information content (AvgIpc) is 3.07. The lowest BCUT2D eigenvalue weighted by Crippen LogP contribution is -2.06. The number of nitrogens with one attached hydrogen (secondary N) is 1. The number of hydrogen-bond donors (Lipinski definition) is 1. The molecule has 100 valence electrons. The summed E-state index contributed by atoms with van der Waals surface area (Å²) in [6.07, 6.45) is 2.35. The van der Waals surface area contributed by atoms with Crippen molar-refractivity contribution in [2.75, 3.05) is 0 Å². The van der Waals surface area contributed by atoms with Crippen molar-refractivity contribution in [2.45, 2.75) is 0 Å². The van der Waals surface area contributed by atoms with Crippen molar-refractivity contribution >= 4 is 33.5 Å². The number of nitrogens with zero attached hydrogens (tertiary/aromatic N) is 2. The molecule has 3 aromatic rings. The maximum absolute atomic E-state index is 13.9. The molecule has 8 heteroatoms. The zero-order valence-corrected chi connectivity index (χ0v) is 10.4. The summed E-state index contributed by atoms with van der Waals surface area (Å²) in [7, 11) is 0. The van der Waals surface area contributed by atoms with Crippen LogP contribution in [0.3, 0.4) is 0 Å². The number of benzene rings is 1.